The van der Waals surface area contributed by atoms with Crippen molar-refractivity contribution in [3.63, 3.8) is 0 Å². The van der Waals surface area contributed by atoms with Gasteiger partial charge < -0.3 is 24.6 Å². The molecule has 1 atom stereocenters. The number of methoxy groups -OCH3 is 2. The van der Waals surface area contributed by atoms with Crippen LogP contribution < -0.4 is 14.8 Å². The molecule has 136 valence electrons. The first kappa shape index (κ1) is 19.5. The second-order valence-electron chi connectivity index (χ2n) is 5.48. The number of benzene rings is 2. The lowest BCUT2D eigenvalue weighted by molar-refractivity contribution is 0.117. The van der Waals surface area contributed by atoms with Crippen LogP contribution in [-0.4, -0.2) is 39.1 Å². The number of ether oxygens (including phenoxy) is 3. The highest BCUT2D eigenvalue weighted by Gasteiger charge is 2.09. The molecule has 25 heavy (non-hydrogen) atoms. The van der Waals surface area contributed by atoms with Crippen LogP contribution in [0.3, 0.4) is 0 Å². The standard InChI is InChI=1S/C19H24ClNO4/c1-23-18-8-3-14(11-19(18)24-2)13-25-10-9-21-17(12-22)15-4-6-16(20)7-5-15/h3-8,11,17,21-22H,9-10,12-13H2,1-2H3. The third kappa shape index (κ3) is 5.90. The largest absolute Gasteiger partial charge is 0.493 e. The minimum Gasteiger partial charge on any atom is -0.493 e. The zero-order chi connectivity index (χ0) is 18.1. The molecule has 2 rings (SSSR count). The molecular weight excluding hydrogens is 342 g/mol. The monoisotopic (exact) mass is 365 g/mol. The van der Waals surface area contributed by atoms with Gasteiger partial charge in [-0.25, -0.2) is 0 Å². The highest BCUT2D eigenvalue weighted by Crippen LogP contribution is 2.27. The van der Waals surface area contributed by atoms with Crippen LogP contribution in [0.25, 0.3) is 0 Å². The van der Waals surface area contributed by atoms with E-state index in [9.17, 15) is 5.11 Å². The van der Waals surface area contributed by atoms with Crippen molar-refractivity contribution in [2.24, 2.45) is 0 Å². The van der Waals surface area contributed by atoms with Crippen molar-refractivity contribution in [2.75, 3.05) is 34.0 Å². The normalized spacial score (nSPS) is 12.0. The molecule has 0 aliphatic carbocycles. The van der Waals surface area contributed by atoms with E-state index in [0.717, 1.165) is 11.1 Å². The SMILES string of the molecule is COc1ccc(COCCNC(CO)c2ccc(Cl)cc2)cc1OC. The van der Waals surface area contributed by atoms with Crippen LogP contribution in [0.15, 0.2) is 42.5 Å². The van der Waals surface area contributed by atoms with Gasteiger partial charge in [0.2, 0.25) is 0 Å². The molecular formula is C19H24ClNO4. The third-order valence-electron chi connectivity index (χ3n) is 3.81. The number of halogens is 1. The minimum atomic E-state index is -0.137. The van der Waals surface area contributed by atoms with Crippen molar-refractivity contribution in [3.8, 4) is 11.5 Å². The van der Waals surface area contributed by atoms with E-state index < -0.39 is 0 Å². The Labute approximate surface area is 153 Å². The molecule has 2 aromatic rings. The molecule has 0 heterocycles. The van der Waals surface area contributed by atoms with Gasteiger partial charge in [0.25, 0.3) is 0 Å². The summed E-state index contributed by atoms with van der Waals surface area (Å²) in [6.07, 6.45) is 0. The molecule has 0 aromatic heterocycles. The maximum absolute atomic E-state index is 9.53. The Morgan fingerprint density at radius 3 is 2.40 bits per heavy atom. The summed E-state index contributed by atoms with van der Waals surface area (Å²) in [6, 6.07) is 13.0. The van der Waals surface area contributed by atoms with Gasteiger partial charge in [-0.1, -0.05) is 29.8 Å². The summed E-state index contributed by atoms with van der Waals surface area (Å²) in [5.74, 6) is 1.38. The van der Waals surface area contributed by atoms with E-state index in [4.69, 9.17) is 25.8 Å². The van der Waals surface area contributed by atoms with Crippen molar-refractivity contribution >= 4 is 11.6 Å². The number of hydrogen-bond donors (Lipinski definition) is 2. The quantitative estimate of drug-likeness (QED) is 0.633. The summed E-state index contributed by atoms with van der Waals surface area (Å²) in [5, 5.41) is 13.5. The Morgan fingerprint density at radius 1 is 1.04 bits per heavy atom. The molecule has 0 fully saturated rings. The van der Waals surface area contributed by atoms with E-state index in [0.29, 0.717) is 36.3 Å². The predicted octanol–water partition coefficient (Wildman–Crippen LogP) is 3.20. The minimum absolute atomic E-state index is 0.0112. The van der Waals surface area contributed by atoms with Crippen molar-refractivity contribution in [1.29, 1.82) is 0 Å². The van der Waals surface area contributed by atoms with Crippen LogP contribution in [0.1, 0.15) is 17.2 Å². The van der Waals surface area contributed by atoms with E-state index in [2.05, 4.69) is 5.32 Å². The molecule has 0 bridgehead atoms. The number of aliphatic hydroxyl groups excluding tert-OH is 1. The van der Waals surface area contributed by atoms with Gasteiger partial charge in [0.15, 0.2) is 11.5 Å². The van der Waals surface area contributed by atoms with Gasteiger partial charge in [-0.2, -0.15) is 0 Å². The fraction of sp³-hybridized carbons (Fsp3) is 0.368. The molecule has 6 heteroatoms. The lowest BCUT2D eigenvalue weighted by Gasteiger charge is -2.17. The summed E-state index contributed by atoms with van der Waals surface area (Å²) in [7, 11) is 3.22. The van der Waals surface area contributed by atoms with E-state index >= 15 is 0 Å². The molecule has 0 aliphatic heterocycles. The van der Waals surface area contributed by atoms with Gasteiger partial charge in [0, 0.05) is 11.6 Å². The Kier molecular flexibility index (Phi) is 8.01. The van der Waals surface area contributed by atoms with Crippen LogP contribution >= 0.6 is 11.6 Å². The molecule has 2 aromatic carbocycles. The van der Waals surface area contributed by atoms with E-state index in [1.807, 2.05) is 42.5 Å². The average Bonchev–Trinajstić information content (AvgIpc) is 2.65. The zero-order valence-corrected chi connectivity index (χ0v) is 15.3. The van der Waals surface area contributed by atoms with Crippen LogP contribution in [0, 0.1) is 0 Å². The molecule has 0 saturated carbocycles. The number of aliphatic hydroxyl groups is 1. The second kappa shape index (κ2) is 10.3. The van der Waals surface area contributed by atoms with Gasteiger partial charge in [-0.15, -0.1) is 0 Å². The summed E-state index contributed by atoms with van der Waals surface area (Å²) >= 11 is 5.88. The number of nitrogens with one attached hydrogen (secondary N) is 1. The first-order valence-corrected chi connectivity index (χ1v) is 8.44. The number of hydrogen-bond acceptors (Lipinski definition) is 5. The summed E-state index contributed by atoms with van der Waals surface area (Å²) in [4.78, 5) is 0. The Morgan fingerprint density at radius 2 is 1.76 bits per heavy atom. The zero-order valence-electron chi connectivity index (χ0n) is 14.5. The van der Waals surface area contributed by atoms with Gasteiger partial charge in [0.05, 0.1) is 40.1 Å². The molecule has 0 radical (unpaired) electrons. The first-order valence-electron chi connectivity index (χ1n) is 8.06. The third-order valence-corrected chi connectivity index (χ3v) is 4.06. The summed E-state index contributed by atoms with van der Waals surface area (Å²) < 4.78 is 16.2. The Hall–Kier alpha value is -1.79. The van der Waals surface area contributed by atoms with E-state index in [-0.39, 0.29) is 12.6 Å². The lowest BCUT2D eigenvalue weighted by atomic mass is 10.1. The molecule has 0 saturated heterocycles. The molecule has 5 nitrogen and oxygen atoms in total. The van der Waals surface area contributed by atoms with Gasteiger partial charge >= 0.3 is 0 Å². The highest BCUT2D eigenvalue weighted by molar-refractivity contribution is 6.30. The van der Waals surface area contributed by atoms with Gasteiger partial charge in [0.1, 0.15) is 0 Å². The van der Waals surface area contributed by atoms with Crippen LogP contribution in [0.5, 0.6) is 11.5 Å². The maximum atomic E-state index is 9.53. The van der Waals surface area contributed by atoms with E-state index in [1.165, 1.54) is 0 Å². The van der Waals surface area contributed by atoms with Crippen molar-refractivity contribution in [3.05, 3.63) is 58.6 Å². The smallest absolute Gasteiger partial charge is 0.161 e. The topological polar surface area (TPSA) is 60.0 Å². The first-order chi connectivity index (χ1) is 12.2. The lowest BCUT2D eigenvalue weighted by Crippen LogP contribution is -2.27. The van der Waals surface area contributed by atoms with E-state index in [1.54, 1.807) is 14.2 Å². The predicted molar refractivity (Wildman–Crippen MR) is 98.5 cm³/mol. The maximum Gasteiger partial charge on any atom is 0.161 e. The molecule has 2 N–H and O–H groups in total. The van der Waals surface area contributed by atoms with Gasteiger partial charge in [-0.05, 0) is 35.4 Å². The highest BCUT2D eigenvalue weighted by atomic mass is 35.5. The fourth-order valence-corrected chi connectivity index (χ4v) is 2.57. The summed E-state index contributed by atoms with van der Waals surface area (Å²) in [6.45, 7) is 1.64. The average molecular weight is 366 g/mol. The number of rotatable bonds is 10. The van der Waals surface area contributed by atoms with Crippen molar-refractivity contribution in [2.45, 2.75) is 12.6 Å². The fourth-order valence-electron chi connectivity index (χ4n) is 2.45. The summed E-state index contributed by atoms with van der Waals surface area (Å²) in [5.41, 5.74) is 2.00. The molecule has 0 spiro atoms. The van der Waals surface area contributed by atoms with Gasteiger partial charge in [-0.3, -0.25) is 0 Å². The Bertz CT molecular complexity index is 648. The molecule has 0 aliphatic rings. The second-order valence-corrected chi connectivity index (χ2v) is 5.92. The Balaban J connectivity index is 1.76. The van der Waals surface area contributed by atoms with Crippen molar-refractivity contribution in [1.82, 2.24) is 5.32 Å². The van der Waals surface area contributed by atoms with Crippen LogP contribution in [-0.2, 0) is 11.3 Å². The van der Waals surface area contributed by atoms with Crippen LogP contribution in [0.2, 0.25) is 5.02 Å². The molecule has 1 unspecified atom stereocenters. The molecule has 0 amide bonds. The van der Waals surface area contributed by atoms with Crippen molar-refractivity contribution < 1.29 is 19.3 Å². The van der Waals surface area contributed by atoms with Crippen LogP contribution in [0.4, 0.5) is 0 Å².